The normalized spacial score (nSPS) is 12.4. The van der Waals surface area contributed by atoms with Gasteiger partial charge < -0.3 is 10.2 Å². The summed E-state index contributed by atoms with van der Waals surface area (Å²) in [5.41, 5.74) is 1.83. The van der Waals surface area contributed by atoms with Gasteiger partial charge in [0.1, 0.15) is 12.6 Å². The third kappa shape index (κ3) is 6.87. The third-order valence-corrected chi connectivity index (χ3v) is 7.21. The molecule has 0 aliphatic heterocycles. The number of anilines is 1. The molecule has 2 rings (SSSR count). The molecule has 0 saturated carbocycles. The first-order chi connectivity index (χ1) is 15.9. The van der Waals surface area contributed by atoms with Gasteiger partial charge >= 0.3 is 0 Å². The van der Waals surface area contributed by atoms with E-state index in [-0.39, 0.29) is 18.4 Å². The average molecular weight is 529 g/mol. The van der Waals surface area contributed by atoms with Crippen molar-refractivity contribution in [3.63, 3.8) is 0 Å². The minimum Gasteiger partial charge on any atom is -0.357 e. The minimum absolute atomic E-state index is 0.0180. The molecule has 0 heterocycles. The maximum atomic E-state index is 13.6. The Balaban J connectivity index is 2.52. The van der Waals surface area contributed by atoms with E-state index in [1.807, 2.05) is 26.0 Å². The van der Waals surface area contributed by atoms with Crippen LogP contribution >= 0.6 is 23.2 Å². The Morgan fingerprint density at radius 2 is 1.74 bits per heavy atom. The monoisotopic (exact) mass is 527 g/mol. The second-order valence-corrected chi connectivity index (χ2v) is 11.0. The molecule has 34 heavy (non-hydrogen) atoms. The van der Waals surface area contributed by atoms with Gasteiger partial charge in [0, 0.05) is 23.6 Å². The smallest absolute Gasteiger partial charge is 0.244 e. The summed E-state index contributed by atoms with van der Waals surface area (Å²) in [4.78, 5) is 27.6. The Morgan fingerprint density at radius 3 is 2.26 bits per heavy atom. The number of rotatable bonds is 10. The van der Waals surface area contributed by atoms with Gasteiger partial charge in [-0.25, -0.2) is 8.42 Å². The van der Waals surface area contributed by atoms with Crippen LogP contribution in [0.25, 0.3) is 0 Å². The summed E-state index contributed by atoms with van der Waals surface area (Å²) in [6.45, 7) is 5.25. The van der Waals surface area contributed by atoms with Crippen molar-refractivity contribution in [1.29, 1.82) is 0 Å². The lowest BCUT2D eigenvalue weighted by molar-refractivity contribution is -0.140. The topological polar surface area (TPSA) is 86.8 Å². The SMILES string of the molecule is CCC(C(=O)NC)N(Cc1ccc(Cl)cc1Cl)C(=O)CN(c1ccccc1C(C)C)S(C)(=O)=O. The highest BCUT2D eigenvalue weighted by Gasteiger charge is 2.32. The van der Waals surface area contributed by atoms with Crippen LogP contribution in [-0.4, -0.2) is 51.0 Å². The van der Waals surface area contributed by atoms with Crippen LogP contribution in [0.4, 0.5) is 5.69 Å². The third-order valence-electron chi connectivity index (χ3n) is 5.49. The number of amides is 2. The molecule has 0 aliphatic rings. The van der Waals surface area contributed by atoms with Crippen molar-refractivity contribution >= 4 is 50.7 Å². The first-order valence-corrected chi connectivity index (χ1v) is 13.5. The van der Waals surface area contributed by atoms with E-state index in [4.69, 9.17) is 23.2 Å². The second kappa shape index (κ2) is 11.9. The summed E-state index contributed by atoms with van der Waals surface area (Å²) < 4.78 is 26.7. The highest BCUT2D eigenvalue weighted by molar-refractivity contribution is 7.92. The van der Waals surface area contributed by atoms with Crippen molar-refractivity contribution in [3.8, 4) is 0 Å². The first kappa shape index (κ1) is 28.0. The number of halogens is 2. The number of nitrogens with one attached hydrogen (secondary N) is 1. The lowest BCUT2D eigenvalue weighted by Gasteiger charge is -2.33. The van der Waals surface area contributed by atoms with Crippen LogP contribution in [0.2, 0.25) is 10.0 Å². The molecule has 2 amide bonds. The predicted octanol–water partition coefficient (Wildman–Crippen LogP) is 4.44. The molecule has 2 aromatic carbocycles. The average Bonchev–Trinajstić information content (AvgIpc) is 2.77. The highest BCUT2D eigenvalue weighted by atomic mass is 35.5. The van der Waals surface area contributed by atoms with Gasteiger partial charge in [-0.2, -0.15) is 0 Å². The van der Waals surface area contributed by atoms with Crippen LogP contribution in [0.3, 0.4) is 0 Å². The zero-order chi connectivity index (χ0) is 25.6. The molecule has 0 bridgehead atoms. The van der Waals surface area contributed by atoms with Crippen molar-refractivity contribution in [1.82, 2.24) is 10.2 Å². The molecule has 0 spiro atoms. The summed E-state index contributed by atoms with van der Waals surface area (Å²) in [6.07, 6.45) is 1.39. The van der Waals surface area contributed by atoms with Gasteiger partial charge in [0.25, 0.3) is 0 Å². The van der Waals surface area contributed by atoms with E-state index in [0.29, 0.717) is 27.7 Å². The highest BCUT2D eigenvalue weighted by Crippen LogP contribution is 2.30. The number of sulfonamides is 1. The van der Waals surface area contributed by atoms with E-state index in [1.165, 1.54) is 11.9 Å². The molecule has 0 radical (unpaired) electrons. The molecule has 0 aliphatic carbocycles. The molecular weight excluding hydrogens is 497 g/mol. The van der Waals surface area contributed by atoms with Gasteiger partial charge in [-0.3, -0.25) is 13.9 Å². The fourth-order valence-corrected chi connectivity index (χ4v) is 5.05. The maximum Gasteiger partial charge on any atom is 0.244 e. The molecular formula is C24H31Cl2N3O4S. The van der Waals surface area contributed by atoms with Crippen LogP contribution in [-0.2, 0) is 26.2 Å². The van der Waals surface area contributed by atoms with Gasteiger partial charge in [-0.15, -0.1) is 0 Å². The number of hydrogen-bond donors (Lipinski definition) is 1. The molecule has 0 aromatic heterocycles. The Bertz CT molecular complexity index is 1140. The Morgan fingerprint density at radius 1 is 1.09 bits per heavy atom. The zero-order valence-electron chi connectivity index (χ0n) is 20.0. The molecule has 2 aromatic rings. The number of nitrogens with zero attached hydrogens (tertiary/aromatic N) is 2. The lowest BCUT2D eigenvalue weighted by Crippen LogP contribution is -2.51. The van der Waals surface area contributed by atoms with E-state index < -0.39 is 28.5 Å². The number of likely N-dealkylation sites (N-methyl/N-ethyl adjacent to an activating group) is 1. The number of benzene rings is 2. The molecule has 0 saturated heterocycles. The van der Waals surface area contributed by atoms with Crippen LogP contribution < -0.4 is 9.62 Å². The largest absolute Gasteiger partial charge is 0.357 e. The fraction of sp³-hybridized carbons (Fsp3) is 0.417. The molecule has 1 atom stereocenters. The van der Waals surface area contributed by atoms with Gasteiger partial charge in [0.15, 0.2) is 0 Å². The molecule has 1 unspecified atom stereocenters. The molecule has 10 heteroatoms. The van der Waals surface area contributed by atoms with E-state index >= 15 is 0 Å². The summed E-state index contributed by atoms with van der Waals surface area (Å²) in [6, 6.07) is 11.2. The zero-order valence-corrected chi connectivity index (χ0v) is 22.3. The van der Waals surface area contributed by atoms with Crippen LogP contribution in [0.15, 0.2) is 42.5 Å². The Kier molecular flexibility index (Phi) is 9.79. The van der Waals surface area contributed by atoms with Crippen molar-refractivity contribution in [2.24, 2.45) is 0 Å². The van der Waals surface area contributed by atoms with Crippen molar-refractivity contribution in [2.45, 2.75) is 45.7 Å². The van der Waals surface area contributed by atoms with Crippen molar-refractivity contribution < 1.29 is 18.0 Å². The standard InChI is InChI=1S/C24H31Cl2N3O4S/c1-6-21(24(31)27-4)28(14-17-11-12-18(25)13-20(17)26)23(30)15-29(34(5,32)33)22-10-8-7-9-19(22)16(2)3/h7-13,16,21H,6,14-15H2,1-5H3,(H,27,31). The van der Waals surface area contributed by atoms with E-state index in [0.717, 1.165) is 16.1 Å². The quantitative estimate of drug-likeness (QED) is 0.494. The summed E-state index contributed by atoms with van der Waals surface area (Å²) in [5.74, 6) is -0.839. The van der Waals surface area contributed by atoms with Gasteiger partial charge in [0.2, 0.25) is 21.8 Å². The Hall–Kier alpha value is -2.29. The molecule has 186 valence electrons. The van der Waals surface area contributed by atoms with Gasteiger partial charge in [0.05, 0.1) is 11.9 Å². The molecule has 1 N–H and O–H groups in total. The number of carbonyl (C=O) groups excluding carboxylic acids is 2. The number of para-hydroxylation sites is 1. The van der Waals surface area contributed by atoms with Crippen molar-refractivity contribution in [2.75, 3.05) is 24.2 Å². The first-order valence-electron chi connectivity index (χ1n) is 10.9. The lowest BCUT2D eigenvalue weighted by atomic mass is 10.0. The number of hydrogen-bond acceptors (Lipinski definition) is 4. The van der Waals surface area contributed by atoms with E-state index in [2.05, 4.69) is 5.32 Å². The summed E-state index contributed by atoms with van der Waals surface area (Å²) in [5, 5.41) is 3.37. The predicted molar refractivity (Wildman–Crippen MR) is 138 cm³/mol. The number of carbonyl (C=O) groups is 2. The summed E-state index contributed by atoms with van der Waals surface area (Å²) >= 11 is 12.3. The second-order valence-electron chi connectivity index (χ2n) is 8.28. The van der Waals surface area contributed by atoms with Crippen LogP contribution in [0.1, 0.15) is 44.2 Å². The van der Waals surface area contributed by atoms with Crippen LogP contribution in [0, 0.1) is 0 Å². The molecule has 0 fully saturated rings. The van der Waals surface area contributed by atoms with E-state index in [1.54, 1.807) is 37.3 Å². The van der Waals surface area contributed by atoms with Crippen molar-refractivity contribution in [3.05, 3.63) is 63.6 Å². The van der Waals surface area contributed by atoms with E-state index in [9.17, 15) is 18.0 Å². The maximum absolute atomic E-state index is 13.6. The van der Waals surface area contributed by atoms with Gasteiger partial charge in [-0.1, -0.05) is 68.2 Å². The summed E-state index contributed by atoms with van der Waals surface area (Å²) in [7, 11) is -2.31. The Labute approximate surface area is 212 Å². The van der Waals surface area contributed by atoms with Gasteiger partial charge in [-0.05, 0) is 41.7 Å². The molecule has 7 nitrogen and oxygen atoms in total. The fourth-order valence-electron chi connectivity index (χ4n) is 3.72. The van der Waals surface area contributed by atoms with Crippen LogP contribution in [0.5, 0.6) is 0 Å². The minimum atomic E-state index is -3.81.